The molecule has 0 saturated heterocycles. The number of aromatic carboxylic acids is 1. The topological polar surface area (TPSA) is 75.6 Å². The van der Waals surface area contributed by atoms with Gasteiger partial charge in [0.1, 0.15) is 12.4 Å². The van der Waals surface area contributed by atoms with E-state index in [2.05, 4.69) is 23.5 Å². The van der Waals surface area contributed by atoms with E-state index >= 15 is 0 Å². The maximum absolute atomic E-state index is 12.3. The number of carboxylic acid groups (broad SMARTS) is 1. The van der Waals surface area contributed by atoms with E-state index in [0.29, 0.717) is 30.7 Å². The lowest BCUT2D eigenvalue weighted by Crippen LogP contribution is -2.30. The molecular weight excluding hydrogens is 318 g/mol. The van der Waals surface area contributed by atoms with E-state index in [9.17, 15) is 9.59 Å². The standard InChI is InChI=1S/C20H19NO4/c22-19(18-16-11-13-3-1-2-4-15(13)17(16)18)21-9-10-25-14-7-5-12(6-8-14)20(23)24/h1-8,16-18H,9-11H2,(H,21,22)(H,23,24). The van der Waals surface area contributed by atoms with E-state index in [4.69, 9.17) is 9.84 Å². The zero-order valence-electron chi connectivity index (χ0n) is 13.6. The molecule has 0 heterocycles. The SMILES string of the molecule is O=C(O)c1ccc(OCCNC(=O)C2C3Cc4ccccc4C32)cc1. The molecular formula is C20H19NO4. The average Bonchev–Trinajstić information content (AvgIpc) is 3.21. The molecule has 5 nitrogen and oxygen atoms in total. The lowest BCUT2D eigenvalue weighted by Gasteiger charge is -2.10. The molecule has 2 aliphatic rings. The second-order valence-corrected chi connectivity index (χ2v) is 6.59. The fourth-order valence-electron chi connectivity index (χ4n) is 3.86. The van der Waals surface area contributed by atoms with Gasteiger partial charge in [0, 0.05) is 5.92 Å². The second kappa shape index (κ2) is 6.24. The Labute approximate surface area is 145 Å². The number of carboxylic acids is 1. The van der Waals surface area contributed by atoms with Gasteiger partial charge in [0.05, 0.1) is 12.1 Å². The van der Waals surface area contributed by atoms with Crippen molar-refractivity contribution >= 4 is 11.9 Å². The van der Waals surface area contributed by atoms with Crippen molar-refractivity contribution in [2.75, 3.05) is 13.2 Å². The van der Waals surface area contributed by atoms with Crippen LogP contribution < -0.4 is 10.1 Å². The van der Waals surface area contributed by atoms with Crippen molar-refractivity contribution in [1.82, 2.24) is 5.32 Å². The normalized spacial score (nSPS) is 22.6. The molecule has 0 radical (unpaired) electrons. The van der Waals surface area contributed by atoms with Crippen LogP contribution in [-0.2, 0) is 11.2 Å². The van der Waals surface area contributed by atoms with Gasteiger partial charge in [0.15, 0.2) is 0 Å². The minimum atomic E-state index is -0.963. The number of carbonyl (C=O) groups is 2. The number of benzene rings is 2. The Bertz CT molecular complexity index is 815. The number of rotatable bonds is 6. The molecule has 1 amide bonds. The Morgan fingerprint density at radius 3 is 2.64 bits per heavy atom. The van der Waals surface area contributed by atoms with Crippen molar-refractivity contribution in [3.63, 3.8) is 0 Å². The summed E-state index contributed by atoms with van der Waals surface area (Å²) in [7, 11) is 0. The first-order valence-electron chi connectivity index (χ1n) is 8.47. The highest BCUT2D eigenvalue weighted by molar-refractivity contribution is 5.87. The smallest absolute Gasteiger partial charge is 0.335 e. The number of fused-ring (bicyclic) bond motifs is 3. The summed E-state index contributed by atoms with van der Waals surface area (Å²) in [5.41, 5.74) is 2.94. The van der Waals surface area contributed by atoms with Gasteiger partial charge in [-0.25, -0.2) is 4.79 Å². The van der Waals surface area contributed by atoms with Crippen molar-refractivity contribution in [3.05, 3.63) is 65.2 Å². The first-order valence-corrected chi connectivity index (χ1v) is 8.47. The Hall–Kier alpha value is -2.82. The fraction of sp³-hybridized carbons (Fsp3) is 0.300. The number of nitrogens with one attached hydrogen (secondary N) is 1. The van der Waals surface area contributed by atoms with E-state index in [0.717, 1.165) is 6.42 Å². The number of hydrogen-bond acceptors (Lipinski definition) is 3. The molecule has 2 aliphatic carbocycles. The van der Waals surface area contributed by atoms with Crippen molar-refractivity contribution in [2.45, 2.75) is 12.3 Å². The lowest BCUT2D eigenvalue weighted by molar-refractivity contribution is -0.122. The molecule has 1 saturated carbocycles. The van der Waals surface area contributed by atoms with E-state index in [-0.39, 0.29) is 17.4 Å². The van der Waals surface area contributed by atoms with Crippen LogP contribution in [0.5, 0.6) is 5.75 Å². The number of ether oxygens (including phenoxy) is 1. The molecule has 3 unspecified atom stereocenters. The molecule has 0 aliphatic heterocycles. The van der Waals surface area contributed by atoms with Crippen LogP contribution in [0, 0.1) is 11.8 Å². The maximum Gasteiger partial charge on any atom is 0.335 e. The third-order valence-electron chi connectivity index (χ3n) is 5.11. The van der Waals surface area contributed by atoms with E-state index < -0.39 is 5.97 Å². The van der Waals surface area contributed by atoms with Gasteiger partial charge in [-0.3, -0.25) is 4.79 Å². The molecule has 4 rings (SSSR count). The molecule has 0 spiro atoms. The molecule has 0 bridgehead atoms. The molecule has 3 atom stereocenters. The van der Waals surface area contributed by atoms with Gasteiger partial charge in [0.2, 0.25) is 5.91 Å². The summed E-state index contributed by atoms with van der Waals surface area (Å²) >= 11 is 0. The van der Waals surface area contributed by atoms with Crippen molar-refractivity contribution in [2.24, 2.45) is 11.8 Å². The molecule has 1 fully saturated rings. The lowest BCUT2D eigenvalue weighted by atomic mass is 10.0. The quantitative estimate of drug-likeness (QED) is 0.794. The van der Waals surface area contributed by atoms with Gasteiger partial charge < -0.3 is 15.2 Å². The maximum atomic E-state index is 12.3. The largest absolute Gasteiger partial charge is 0.492 e. The summed E-state index contributed by atoms with van der Waals surface area (Å²) in [6.45, 7) is 0.800. The summed E-state index contributed by atoms with van der Waals surface area (Å²) in [6.07, 6.45) is 1.01. The van der Waals surface area contributed by atoms with Crippen LogP contribution in [-0.4, -0.2) is 30.1 Å². The number of hydrogen-bond donors (Lipinski definition) is 2. The van der Waals surface area contributed by atoms with E-state index in [1.807, 2.05) is 6.07 Å². The van der Waals surface area contributed by atoms with Crippen molar-refractivity contribution in [1.29, 1.82) is 0 Å². The summed E-state index contributed by atoms with van der Waals surface area (Å²) in [5, 5.41) is 11.8. The van der Waals surface area contributed by atoms with Crippen LogP contribution in [0.1, 0.15) is 27.4 Å². The third-order valence-corrected chi connectivity index (χ3v) is 5.11. The van der Waals surface area contributed by atoms with Crippen LogP contribution in [0.2, 0.25) is 0 Å². The monoisotopic (exact) mass is 337 g/mol. The third kappa shape index (κ3) is 2.97. The molecule has 2 aromatic rings. The first-order chi connectivity index (χ1) is 12.1. The van der Waals surface area contributed by atoms with Crippen molar-refractivity contribution in [3.8, 4) is 5.75 Å². The molecule has 2 aromatic carbocycles. The van der Waals surface area contributed by atoms with Crippen LogP contribution in [0.4, 0.5) is 0 Å². The highest BCUT2D eigenvalue weighted by atomic mass is 16.5. The summed E-state index contributed by atoms with van der Waals surface area (Å²) in [4.78, 5) is 23.1. The van der Waals surface area contributed by atoms with E-state index in [1.165, 1.54) is 23.3 Å². The van der Waals surface area contributed by atoms with Gasteiger partial charge >= 0.3 is 5.97 Å². The molecule has 128 valence electrons. The Kier molecular flexibility index (Phi) is 3.92. The van der Waals surface area contributed by atoms with Gasteiger partial charge in [-0.05, 0) is 53.6 Å². The Morgan fingerprint density at radius 1 is 1.12 bits per heavy atom. The molecule has 5 heteroatoms. The number of amides is 1. The van der Waals surface area contributed by atoms with Crippen LogP contribution in [0.15, 0.2) is 48.5 Å². The average molecular weight is 337 g/mol. The van der Waals surface area contributed by atoms with Crippen LogP contribution in [0.25, 0.3) is 0 Å². The van der Waals surface area contributed by atoms with Crippen LogP contribution in [0.3, 0.4) is 0 Å². The first kappa shape index (κ1) is 15.7. The predicted octanol–water partition coefficient (Wildman–Crippen LogP) is 2.47. The van der Waals surface area contributed by atoms with Gasteiger partial charge in [0.25, 0.3) is 0 Å². The number of carbonyl (C=O) groups excluding carboxylic acids is 1. The second-order valence-electron chi connectivity index (χ2n) is 6.59. The summed E-state index contributed by atoms with van der Waals surface area (Å²) < 4.78 is 5.53. The summed E-state index contributed by atoms with van der Waals surface area (Å²) in [6, 6.07) is 14.6. The predicted molar refractivity (Wildman–Crippen MR) is 91.8 cm³/mol. The molecule has 2 N–H and O–H groups in total. The minimum absolute atomic E-state index is 0.102. The van der Waals surface area contributed by atoms with Gasteiger partial charge in [-0.1, -0.05) is 24.3 Å². The summed E-state index contributed by atoms with van der Waals surface area (Å²) in [5.74, 6) is 0.688. The van der Waals surface area contributed by atoms with Gasteiger partial charge in [-0.2, -0.15) is 0 Å². The van der Waals surface area contributed by atoms with Crippen molar-refractivity contribution < 1.29 is 19.4 Å². The highest BCUT2D eigenvalue weighted by Gasteiger charge is 2.58. The molecule has 0 aromatic heterocycles. The Morgan fingerprint density at radius 2 is 1.88 bits per heavy atom. The zero-order valence-corrected chi connectivity index (χ0v) is 13.6. The molecule has 25 heavy (non-hydrogen) atoms. The Balaban J connectivity index is 1.23. The van der Waals surface area contributed by atoms with E-state index in [1.54, 1.807) is 12.1 Å². The van der Waals surface area contributed by atoms with Gasteiger partial charge in [-0.15, -0.1) is 0 Å². The fourth-order valence-corrected chi connectivity index (χ4v) is 3.86. The zero-order chi connectivity index (χ0) is 17.4. The minimum Gasteiger partial charge on any atom is -0.492 e. The highest BCUT2D eigenvalue weighted by Crippen LogP contribution is 2.61. The van der Waals surface area contributed by atoms with Crippen LogP contribution >= 0.6 is 0 Å².